The number of carbonyl (C=O) groups is 2. The lowest BCUT2D eigenvalue weighted by Gasteiger charge is -2.36. The molecule has 1 fully saturated rings. The van der Waals surface area contributed by atoms with Crippen LogP contribution in [0.15, 0.2) is 0 Å². The first-order valence-corrected chi connectivity index (χ1v) is 6.69. The van der Waals surface area contributed by atoms with Gasteiger partial charge in [-0.15, -0.1) is 0 Å². The third kappa shape index (κ3) is 5.04. The number of piperazine rings is 1. The summed E-state index contributed by atoms with van der Waals surface area (Å²) in [5.74, 6) is -0.116. The number of hydrogen-bond acceptors (Lipinski definition) is 4. The van der Waals surface area contributed by atoms with E-state index in [1.54, 1.807) is 11.8 Å². The van der Waals surface area contributed by atoms with Gasteiger partial charge in [-0.05, 0) is 13.3 Å². The Morgan fingerprint density at radius 3 is 2.37 bits per heavy atom. The fraction of sp³-hybridized carbons (Fsp3) is 0.833. The Kier molecular flexibility index (Phi) is 6.04. The molecule has 7 heteroatoms. The molecule has 1 heterocycles. The number of nitrogens with one attached hydrogen (secondary N) is 1. The topological polar surface area (TPSA) is 98.9 Å². The highest BCUT2D eigenvalue weighted by atomic mass is 16.3. The number of amides is 3. The van der Waals surface area contributed by atoms with E-state index >= 15 is 0 Å². The maximum Gasteiger partial charge on any atom is 0.312 e. The van der Waals surface area contributed by atoms with Crippen molar-refractivity contribution in [2.45, 2.75) is 32.4 Å². The van der Waals surface area contributed by atoms with Crippen molar-refractivity contribution < 1.29 is 14.7 Å². The van der Waals surface area contributed by atoms with Gasteiger partial charge in [-0.1, -0.05) is 6.92 Å². The molecule has 1 aliphatic rings. The van der Waals surface area contributed by atoms with Crippen LogP contribution in [0.25, 0.3) is 0 Å². The van der Waals surface area contributed by atoms with Crippen LogP contribution in [0.3, 0.4) is 0 Å². The average Bonchev–Trinajstić information content (AvgIpc) is 2.37. The van der Waals surface area contributed by atoms with Crippen molar-refractivity contribution in [3.05, 3.63) is 0 Å². The minimum atomic E-state index is -0.689. The number of primary amides is 1. The molecule has 1 aliphatic heterocycles. The van der Waals surface area contributed by atoms with E-state index in [0.29, 0.717) is 19.6 Å². The van der Waals surface area contributed by atoms with E-state index in [4.69, 9.17) is 5.73 Å². The Morgan fingerprint density at radius 2 is 1.89 bits per heavy atom. The van der Waals surface area contributed by atoms with Gasteiger partial charge in [0.05, 0.1) is 6.10 Å². The number of carbonyl (C=O) groups excluding carboxylic acids is 2. The number of urea groups is 1. The summed E-state index contributed by atoms with van der Waals surface area (Å²) in [6.07, 6.45) is 0.427. The number of rotatable bonds is 5. The SMILES string of the molecule is CC[C@@H](O)CN1CCN(C(=O)[C@@H](C)NC(N)=O)CC1. The third-order valence-corrected chi connectivity index (χ3v) is 3.35. The third-order valence-electron chi connectivity index (χ3n) is 3.35. The second-order valence-electron chi connectivity index (χ2n) is 4.92. The predicted octanol–water partition coefficient (Wildman–Crippen LogP) is -1.04. The van der Waals surface area contributed by atoms with Gasteiger partial charge < -0.3 is 21.1 Å². The van der Waals surface area contributed by atoms with Gasteiger partial charge in [-0.25, -0.2) is 4.79 Å². The van der Waals surface area contributed by atoms with E-state index in [1.165, 1.54) is 0 Å². The van der Waals surface area contributed by atoms with Gasteiger partial charge in [0.1, 0.15) is 6.04 Å². The van der Waals surface area contributed by atoms with Crippen LogP contribution < -0.4 is 11.1 Å². The van der Waals surface area contributed by atoms with Crippen LogP contribution in [0, 0.1) is 0 Å². The van der Waals surface area contributed by atoms with Gasteiger partial charge in [0.25, 0.3) is 0 Å². The summed E-state index contributed by atoms with van der Waals surface area (Å²) in [7, 11) is 0. The number of hydrogen-bond donors (Lipinski definition) is 3. The van der Waals surface area contributed by atoms with E-state index < -0.39 is 12.1 Å². The predicted molar refractivity (Wildman–Crippen MR) is 71.5 cm³/mol. The number of aliphatic hydroxyl groups excluding tert-OH is 1. The molecule has 4 N–H and O–H groups in total. The van der Waals surface area contributed by atoms with Crippen molar-refractivity contribution in [3.8, 4) is 0 Å². The molecule has 0 saturated carbocycles. The maximum absolute atomic E-state index is 12.0. The smallest absolute Gasteiger partial charge is 0.312 e. The molecular formula is C12H24N4O3. The maximum atomic E-state index is 12.0. The zero-order valence-electron chi connectivity index (χ0n) is 11.6. The van der Waals surface area contributed by atoms with Gasteiger partial charge in [0, 0.05) is 32.7 Å². The van der Waals surface area contributed by atoms with Crippen LogP contribution >= 0.6 is 0 Å². The second kappa shape index (κ2) is 7.30. The molecule has 0 unspecified atom stereocenters. The molecule has 0 aromatic heterocycles. The number of nitrogens with two attached hydrogens (primary N) is 1. The molecule has 1 rings (SSSR count). The van der Waals surface area contributed by atoms with Crippen molar-refractivity contribution in [3.63, 3.8) is 0 Å². The lowest BCUT2D eigenvalue weighted by atomic mass is 10.2. The molecule has 7 nitrogen and oxygen atoms in total. The van der Waals surface area contributed by atoms with Crippen molar-refractivity contribution in [1.29, 1.82) is 0 Å². The first kappa shape index (κ1) is 15.7. The van der Waals surface area contributed by atoms with Crippen LogP contribution in [0.2, 0.25) is 0 Å². The second-order valence-corrected chi connectivity index (χ2v) is 4.92. The highest BCUT2D eigenvalue weighted by molar-refractivity contribution is 5.86. The van der Waals surface area contributed by atoms with Crippen LogP contribution in [0.4, 0.5) is 4.79 Å². The molecule has 110 valence electrons. The van der Waals surface area contributed by atoms with Crippen molar-refractivity contribution in [1.82, 2.24) is 15.1 Å². The van der Waals surface area contributed by atoms with Crippen LogP contribution in [-0.2, 0) is 4.79 Å². The van der Waals surface area contributed by atoms with Gasteiger partial charge in [0.15, 0.2) is 0 Å². The van der Waals surface area contributed by atoms with E-state index in [-0.39, 0.29) is 12.0 Å². The van der Waals surface area contributed by atoms with Gasteiger partial charge in [0.2, 0.25) is 5.91 Å². The summed E-state index contributed by atoms with van der Waals surface area (Å²) in [5, 5.41) is 12.0. The van der Waals surface area contributed by atoms with Gasteiger partial charge >= 0.3 is 6.03 Å². The summed E-state index contributed by atoms with van der Waals surface area (Å²) in [5.41, 5.74) is 5.00. The standard InChI is InChI=1S/C12H24N4O3/c1-3-10(17)8-15-4-6-16(7-5-15)11(18)9(2)14-12(13)19/h9-10,17H,3-8H2,1-2H3,(H3,13,14,19)/t9-,10-/m1/s1. The molecule has 0 aliphatic carbocycles. The Morgan fingerprint density at radius 1 is 1.32 bits per heavy atom. The molecule has 0 bridgehead atoms. The summed E-state index contributed by atoms with van der Waals surface area (Å²) < 4.78 is 0. The van der Waals surface area contributed by atoms with Crippen LogP contribution in [0.5, 0.6) is 0 Å². The molecule has 0 radical (unpaired) electrons. The first-order valence-electron chi connectivity index (χ1n) is 6.69. The number of β-amino-alcohol motifs (C(OH)–C–C–N with tert-alkyl or cyclic N) is 1. The van der Waals surface area contributed by atoms with E-state index in [2.05, 4.69) is 10.2 Å². The van der Waals surface area contributed by atoms with E-state index in [1.807, 2.05) is 6.92 Å². The monoisotopic (exact) mass is 272 g/mol. The Labute approximate surface area is 113 Å². The summed E-state index contributed by atoms with van der Waals surface area (Å²) in [6, 6.07) is -1.28. The zero-order valence-corrected chi connectivity index (χ0v) is 11.6. The summed E-state index contributed by atoms with van der Waals surface area (Å²) in [6.45, 7) is 6.92. The average molecular weight is 272 g/mol. The minimum Gasteiger partial charge on any atom is -0.392 e. The first-order chi connectivity index (χ1) is 8.93. The van der Waals surface area contributed by atoms with Gasteiger partial charge in [-0.3, -0.25) is 9.69 Å². The molecule has 2 atom stereocenters. The lowest BCUT2D eigenvalue weighted by Crippen LogP contribution is -2.55. The lowest BCUT2D eigenvalue weighted by molar-refractivity contribution is -0.134. The van der Waals surface area contributed by atoms with Crippen LogP contribution in [-0.4, -0.2) is 71.7 Å². The highest BCUT2D eigenvalue weighted by Crippen LogP contribution is 2.06. The molecular weight excluding hydrogens is 248 g/mol. The number of aliphatic hydroxyl groups is 1. The van der Waals surface area contributed by atoms with Crippen molar-refractivity contribution in [2.24, 2.45) is 5.73 Å². The molecule has 3 amide bonds. The molecule has 0 spiro atoms. The van der Waals surface area contributed by atoms with E-state index in [0.717, 1.165) is 19.5 Å². The molecule has 1 saturated heterocycles. The fourth-order valence-corrected chi connectivity index (χ4v) is 2.13. The Hall–Kier alpha value is -1.34. The van der Waals surface area contributed by atoms with Gasteiger partial charge in [-0.2, -0.15) is 0 Å². The fourth-order valence-electron chi connectivity index (χ4n) is 2.13. The highest BCUT2D eigenvalue weighted by Gasteiger charge is 2.25. The number of nitrogens with zero attached hydrogens (tertiary/aromatic N) is 2. The normalized spacial score (nSPS) is 19.8. The largest absolute Gasteiger partial charge is 0.392 e. The molecule has 19 heavy (non-hydrogen) atoms. The van der Waals surface area contributed by atoms with Crippen molar-refractivity contribution in [2.75, 3.05) is 32.7 Å². The Balaban J connectivity index is 2.36. The molecule has 0 aromatic rings. The molecule has 0 aromatic carbocycles. The van der Waals surface area contributed by atoms with E-state index in [9.17, 15) is 14.7 Å². The quantitative estimate of drug-likeness (QED) is 0.595. The Bertz CT molecular complexity index is 316. The van der Waals surface area contributed by atoms with Crippen molar-refractivity contribution >= 4 is 11.9 Å². The minimum absolute atomic E-state index is 0.116. The van der Waals surface area contributed by atoms with Crippen LogP contribution in [0.1, 0.15) is 20.3 Å². The summed E-state index contributed by atoms with van der Waals surface area (Å²) >= 11 is 0. The summed E-state index contributed by atoms with van der Waals surface area (Å²) in [4.78, 5) is 26.6. The zero-order chi connectivity index (χ0) is 14.4.